The van der Waals surface area contributed by atoms with E-state index >= 15 is 0 Å². The summed E-state index contributed by atoms with van der Waals surface area (Å²) in [4.78, 5) is 19.8. The Morgan fingerprint density at radius 3 is 2.69 bits per heavy atom. The van der Waals surface area contributed by atoms with Crippen molar-refractivity contribution in [3.8, 4) is 0 Å². The molecule has 0 spiro atoms. The third kappa shape index (κ3) is 6.89. The van der Waals surface area contributed by atoms with Crippen molar-refractivity contribution in [3.05, 3.63) is 88.9 Å². The van der Waals surface area contributed by atoms with Crippen LogP contribution in [0.4, 0.5) is 5.69 Å². The van der Waals surface area contributed by atoms with E-state index in [0.717, 1.165) is 31.4 Å². The van der Waals surface area contributed by atoms with Gasteiger partial charge in [-0.2, -0.15) is 0 Å². The molecular weight excluding hydrogens is 476 g/mol. The monoisotopic (exact) mass is 504 g/mol. The molecule has 0 aliphatic carbocycles. The van der Waals surface area contributed by atoms with Crippen molar-refractivity contribution in [2.24, 2.45) is 5.73 Å². The number of anilines is 1. The van der Waals surface area contributed by atoms with Gasteiger partial charge >= 0.3 is 0 Å². The number of fused-ring (bicyclic) bond motifs is 1. The van der Waals surface area contributed by atoms with Crippen molar-refractivity contribution in [1.29, 1.82) is 5.41 Å². The Balaban J connectivity index is 1.54. The third-order valence-corrected chi connectivity index (χ3v) is 7.23. The van der Waals surface area contributed by atoms with Crippen molar-refractivity contribution in [3.63, 3.8) is 0 Å². The Labute approximate surface area is 213 Å². The second-order valence-electron chi connectivity index (χ2n) is 8.42. The second-order valence-corrected chi connectivity index (χ2v) is 10.4. The molecule has 4 aromatic rings. The SMILES string of the molecule is CN(C)CC(=O)Nc1cccc(SNC(Cc2cccc(C(=N)N)c2)c2nc3ccccc3s2)c1. The van der Waals surface area contributed by atoms with Crippen LogP contribution in [0.2, 0.25) is 0 Å². The summed E-state index contributed by atoms with van der Waals surface area (Å²) in [5, 5.41) is 11.7. The zero-order chi connectivity index (χ0) is 24.8. The number of amides is 1. The van der Waals surface area contributed by atoms with E-state index in [9.17, 15) is 4.79 Å². The van der Waals surface area contributed by atoms with Crippen molar-refractivity contribution < 1.29 is 4.79 Å². The first kappa shape index (κ1) is 24.9. The fourth-order valence-corrected chi connectivity index (χ4v) is 5.48. The number of nitrogens with one attached hydrogen (secondary N) is 3. The highest BCUT2D eigenvalue weighted by atomic mass is 32.2. The fourth-order valence-electron chi connectivity index (χ4n) is 3.58. The average Bonchev–Trinajstić information content (AvgIpc) is 3.26. The van der Waals surface area contributed by atoms with Gasteiger partial charge in [-0.3, -0.25) is 10.2 Å². The number of carbonyl (C=O) groups excluding carboxylic acids is 1. The minimum absolute atomic E-state index is 0.0529. The van der Waals surface area contributed by atoms with E-state index in [2.05, 4.69) is 16.1 Å². The summed E-state index contributed by atoms with van der Waals surface area (Å²) in [7, 11) is 3.73. The molecule has 0 radical (unpaired) electrons. The number of benzene rings is 3. The number of aromatic nitrogens is 1. The van der Waals surface area contributed by atoms with Crippen LogP contribution in [0, 0.1) is 5.41 Å². The molecule has 3 aromatic carbocycles. The number of para-hydroxylation sites is 1. The molecule has 180 valence electrons. The van der Waals surface area contributed by atoms with Gasteiger partial charge in [0.1, 0.15) is 10.8 Å². The lowest BCUT2D eigenvalue weighted by atomic mass is 10.0. The minimum atomic E-state index is -0.0633. The van der Waals surface area contributed by atoms with E-state index in [1.165, 1.54) is 11.9 Å². The van der Waals surface area contributed by atoms with Gasteiger partial charge in [-0.1, -0.05) is 36.4 Å². The lowest BCUT2D eigenvalue weighted by Crippen LogP contribution is -2.27. The number of carbonyl (C=O) groups is 1. The van der Waals surface area contributed by atoms with Gasteiger partial charge < -0.3 is 16.0 Å². The van der Waals surface area contributed by atoms with Gasteiger partial charge in [-0.15, -0.1) is 11.3 Å². The molecule has 7 nitrogen and oxygen atoms in total. The van der Waals surface area contributed by atoms with Gasteiger partial charge in [0.2, 0.25) is 5.91 Å². The first-order valence-corrected chi connectivity index (χ1v) is 12.8. The number of nitrogen functional groups attached to an aromatic ring is 1. The molecule has 0 aliphatic rings. The first-order valence-electron chi connectivity index (χ1n) is 11.1. The van der Waals surface area contributed by atoms with Gasteiger partial charge in [0.25, 0.3) is 0 Å². The first-order chi connectivity index (χ1) is 16.9. The largest absolute Gasteiger partial charge is 0.384 e. The maximum absolute atomic E-state index is 12.1. The molecule has 35 heavy (non-hydrogen) atoms. The summed E-state index contributed by atoms with van der Waals surface area (Å²) < 4.78 is 4.72. The standard InChI is InChI=1S/C26H28N6OS2/c1-32(2)16-24(33)29-19-9-6-10-20(15-19)35-31-22(14-17-7-5-8-18(13-17)25(27)28)26-30-21-11-3-4-12-23(21)34-26/h3-13,15,22,31H,14,16H2,1-2H3,(H3,27,28)(H,29,33). The number of hydrogen-bond acceptors (Lipinski definition) is 7. The second kappa shape index (κ2) is 11.5. The normalized spacial score (nSPS) is 12.1. The molecule has 5 N–H and O–H groups in total. The van der Waals surface area contributed by atoms with E-state index in [0.29, 0.717) is 18.5 Å². The third-order valence-electron chi connectivity index (χ3n) is 5.18. The van der Waals surface area contributed by atoms with Crippen LogP contribution in [0.15, 0.2) is 77.7 Å². The zero-order valence-corrected chi connectivity index (χ0v) is 21.2. The van der Waals surface area contributed by atoms with E-state index in [-0.39, 0.29) is 17.8 Å². The van der Waals surface area contributed by atoms with Gasteiger partial charge in [0.05, 0.1) is 22.8 Å². The van der Waals surface area contributed by atoms with E-state index < -0.39 is 0 Å². The summed E-state index contributed by atoms with van der Waals surface area (Å²) in [6.07, 6.45) is 0.688. The number of nitrogens with zero attached hydrogens (tertiary/aromatic N) is 2. The van der Waals surface area contributed by atoms with Crippen LogP contribution in [-0.2, 0) is 11.2 Å². The van der Waals surface area contributed by atoms with Crippen LogP contribution in [0.25, 0.3) is 10.2 Å². The van der Waals surface area contributed by atoms with Crippen LogP contribution in [-0.4, -0.2) is 42.3 Å². The summed E-state index contributed by atoms with van der Waals surface area (Å²) in [5.41, 5.74) is 9.22. The highest BCUT2D eigenvalue weighted by Gasteiger charge is 2.18. The molecule has 0 bridgehead atoms. The lowest BCUT2D eigenvalue weighted by molar-refractivity contribution is -0.116. The maximum atomic E-state index is 12.1. The topological polar surface area (TPSA) is 107 Å². The Morgan fingerprint density at radius 1 is 1.11 bits per heavy atom. The molecule has 4 rings (SSSR count). The highest BCUT2D eigenvalue weighted by Crippen LogP contribution is 2.31. The van der Waals surface area contributed by atoms with Crippen molar-refractivity contribution in [1.82, 2.24) is 14.6 Å². The van der Waals surface area contributed by atoms with Crippen molar-refractivity contribution in [2.75, 3.05) is 26.0 Å². The van der Waals surface area contributed by atoms with Crippen LogP contribution in [0.5, 0.6) is 0 Å². The van der Waals surface area contributed by atoms with E-state index in [4.69, 9.17) is 16.1 Å². The van der Waals surface area contributed by atoms with Crippen LogP contribution in [0.1, 0.15) is 22.2 Å². The zero-order valence-electron chi connectivity index (χ0n) is 19.6. The van der Waals surface area contributed by atoms with Gasteiger partial charge in [-0.25, -0.2) is 9.71 Å². The lowest BCUT2D eigenvalue weighted by Gasteiger charge is -2.17. The Hall–Kier alpha value is -3.24. The molecule has 1 atom stereocenters. The van der Waals surface area contributed by atoms with Crippen LogP contribution in [0.3, 0.4) is 0 Å². The van der Waals surface area contributed by atoms with Gasteiger partial charge in [0, 0.05) is 16.1 Å². The van der Waals surface area contributed by atoms with Gasteiger partial charge in [-0.05, 0) is 74.4 Å². The van der Waals surface area contributed by atoms with Crippen molar-refractivity contribution in [2.45, 2.75) is 17.4 Å². The van der Waals surface area contributed by atoms with Gasteiger partial charge in [0.15, 0.2) is 0 Å². The van der Waals surface area contributed by atoms with Crippen molar-refractivity contribution >= 4 is 50.9 Å². The Bertz CT molecular complexity index is 1300. The number of amidine groups is 1. The van der Waals surface area contributed by atoms with E-state index in [1.54, 1.807) is 11.3 Å². The quantitative estimate of drug-likeness (QED) is 0.142. The molecule has 0 aliphatic heterocycles. The summed E-state index contributed by atoms with van der Waals surface area (Å²) in [5.74, 6) is 0.00154. The highest BCUT2D eigenvalue weighted by molar-refractivity contribution is 7.97. The van der Waals surface area contributed by atoms with E-state index in [1.807, 2.05) is 85.7 Å². The molecule has 0 saturated carbocycles. The number of thiazole rings is 1. The van der Waals surface area contributed by atoms with Crippen LogP contribution >= 0.6 is 23.3 Å². The number of nitrogens with two attached hydrogens (primary N) is 1. The minimum Gasteiger partial charge on any atom is -0.384 e. The Kier molecular flexibility index (Phi) is 8.14. The Morgan fingerprint density at radius 2 is 1.91 bits per heavy atom. The molecule has 0 fully saturated rings. The smallest absolute Gasteiger partial charge is 0.238 e. The molecule has 1 aromatic heterocycles. The number of hydrogen-bond donors (Lipinski definition) is 4. The molecule has 1 heterocycles. The molecular formula is C26H28N6OS2. The summed E-state index contributed by atoms with van der Waals surface area (Å²) >= 11 is 3.18. The molecule has 1 unspecified atom stereocenters. The predicted molar refractivity (Wildman–Crippen MR) is 146 cm³/mol. The molecule has 1 amide bonds. The number of likely N-dealkylation sites (N-methyl/N-ethyl adjacent to an activating group) is 1. The predicted octanol–water partition coefficient (Wildman–Crippen LogP) is 4.66. The average molecular weight is 505 g/mol. The summed E-state index contributed by atoms with van der Waals surface area (Å²) in [6.45, 7) is 0.328. The summed E-state index contributed by atoms with van der Waals surface area (Å²) in [6, 6.07) is 23.6. The number of rotatable bonds is 10. The maximum Gasteiger partial charge on any atom is 0.238 e. The molecule has 9 heteroatoms. The molecule has 0 saturated heterocycles. The van der Waals surface area contributed by atoms with Crippen LogP contribution < -0.4 is 15.8 Å². The fraction of sp³-hybridized carbons (Fsp3) is 0.192.